The summed E-state index contributed by atoms with van der Waals surface area (Å²) in [5, 5.41) is 7.43. The number of nitrogens with zero attached hydrogens (tertiary/aromatic N) is 2. The Morgan fingerprint density at radius 3 is 2.96 bits per heavy atom. The molecule has 1 atom stereocenters. The molecule has 1 saturated heterocycles. The van der Waals surface area contributed by atoms with Gasteiger partial charge < -0.3 is 9.64 Å². The van der Waals surface area contributed by atoms with E-state index in [1.807, 2.05) is 18.3 Å². The minimum Gasteiger partial charge on any atom is -0.497 e. The molecule has 5 nitrogen and oxygen atoms in total. The molecule has 138 valence electrons. The third kappa shape index (κ3) is 3.22. The number of benzene rings is 1. The second kappa shape index (κ2) is 7.14. The zero-order chi connectivity index (χ0) is 18.0. The summed E-state index contributed by atoms with van der Waals surface area (Å²) in [6, 6.07) is 8.12. The molecule has 26 heavy (non-hydrogen) atoms. The molecule has 1 amide bonds. The van der Waals surface area contributed by atoms with Gasteiger partial charge in [0.1, 0.15) is 5.75 Å². The van der Waals surface area contributed by atoms with Crippen molar-refractivity contribution >= 4 is 5.91 Å². The Kier molecular flexibility index (Phi) is 4.70. The third-order valence-corrected chi connectivity index (χ3v) is 6.07. The molecule has 2 aliphatic rings. The summed E-state index contributed by atoms with van der Waals surface area (Å²) < 4.78 is 5.19. The smallest absolute Gasteiger partial charge is 0.222 e. The van der Waals surface area contributed by atoms with Crippen LogP contribution in [0.4, 0.5) is 0 Å². The van der Waals surface area contributed by atoms with Gasteiger partial charge in [0.15, 0.2) is 0 Å². The summed E-state index contributed by atoms with van der Waals surface area (Å²) in [5.74, 6) is 1.17. The van der Waals surface area contributed by atoms with Crippen LogP contribution >= 0.6 is 0 Å². The number of aryl methyl sites for hydroxylation is 2. The highest BCUT2D eigenvalue weighted by atomic mass is 16.5. The van der Waals surface area contributed by atoms with Gasteiger partial charge >= 0.3 is 0 Å². The average Bonchev–Trinajstić information content (AvgIpc) is 3.27. The lowest BCUT2D eigenvalue weighted by atomic mass is 9.77. The monoisotopic (exact) mass is 353 g/mol. The Morgan fingerprint density at radius 2 is 2.15 bits per heavy atom. The van der Waals surface area contributed by atoms with Crippen LogP contribution in [0, 0.1) is 0 Å². The lowest BCUT2D eigenvalue weighted by Crippen LogP contribution is -2.47. The zero-order valence-electron chi connectivity index (χ0n) is 15.5. The van der Waals surface area contributed by atoms with E-state index in [1.165, 1.54) is 16.8 Å². The third-order valence-electron chi connectivity index (χ3n) is 6.07. The van der Waals surface area contributed by atoms with E-state index in [2.05, 4.69) is 27.2 Å². The number of methoxy groups -OCH3 is 1. The number of hydrogen-bond acceptors (Lipinski definition) is 3. The number of piperidine rings is 1. The van der Waals surface area contributed by atoms with Gasteiger partial charge in [-0.25, -0.2) is 0 Å². The molecule has 0 saturated carbocycles. The van der Waals surface area contributed by atoms with E-state index in [0.717, 1.165) is 57.4 Å². The lowest BCUT2D eigenvalue weighted by Gasteiger charge is -2.40. The standard InChI is InChI=1S/C21H27N3O2/c1-26-18-8-6-16(7-9-18)4-2-5-19(25)24-13-3-11-21(15-24)12-10-17-14-22-23-20(17)21/h6-9,14H,2-5,10-13,15H2,1H3,(H,22,23). The molecule has 0 radical (unpaired) electrons. The first kappa shape index (κ1) is 17.1. The Morgan fingerprint density at radius 1 is 1.31 bits per heavy atom. The first-order valence-corrected chi connectivity index (χ1v) is 9.64. The van der Waals surface area contributed by atoms with Crippen LogP contribution in [0.15, 0.2) is 30.5 Å². The second-order valence-electron chi connectivity index (χ2n) is 7.67. The van der Waals surface area contributed by atoms with Crippen molar-refractivity contribution in [2.24, 2.45) is 0 Å². The van der Waals surface area contributed by atoms with E-state index in [4.69, 9.17) is 4.74 Å². The van der Waals surface area contributed by atoms with Crippen molar-refractivity contribution in [3.63, 3.8) is 0 Å². The SMILES string of the molecule is COc1ccc(CCCC(=O)N2CCCC3(CCc4cn[nH]c43)C2)cc1. The summed E-state index contributed by atoms with van der Waals surface area (Å²) in [6.07, 6.45) is 8.89. The normalized spacial score (nSPS) is 21.8. The molecule has 1 aromatic heterocycles. The first-order chi connectivity index (χ1) is 12.7. The number of carbonyl (C=O) groups is 1. The molecule has 2 heterocycles. The quantitative estimate of drug-likeness (QED) is 0.898. The molecule has 1 unspecified atom stereocenters. The molecule has 1 aliphatic heterocycles. The van der Waals surface area contributed by atoms with Crippen LogP contribution in [-0.2, 0) is 23.1 Å². The van der Waals surface area contributed by atoms with E-state index >= 15 is 0 Å². The molecule has 4 rings (SSSR count). The van der Waals surface area contributed by atoms with Gasteiger partial charge in [0, 0.05) is 30.6 Å². The summed E-state index contributed by atoms with van der Waals surface area (Å²) in [4.78, 5) is 14.8. The highest BCUT2D eigenvalue weighted by molar-refractivity contribution is 5.76. The largest absolute Gasteiger partial charge is 0.497 e. The minimum atomic E-state index is 0.121. The first-order valence-electron chi connectivity index (χ1n) is 9.64. The molecular weight excluding hydrogens is 326 g/mol. The Balaban J connectivity index is 1.32. The number of rotatable bonds is 5. The number of aromatic amines is 1. The van der Waals surface area contributed by atoms with Crippen molar-refractivity contribution in [2.75, 3.05) is 20.2 Å². The van der Waals surface area contributed by atoms with Crippen molar-refractivity contribution < 1.29 is 9.53 Å². The fraction of sp³-hybridized carbons (Fsp3) is 0.524. The highest BCUT2D eigenvalue weighted by Crippen LogP contribution is 2.43. The van der Waals surface area contributed by atoms with Crippen LogP contribution in [0.25, 0.3) is 0 Å². The van der Waals surface area contributed by atoms with Crippen molar-refractivity contribution in [3.8, 4) is 5.75 Å². The maximum Gasteiger partial charge on any atom is 0.222 e. The van der Waals surface area contributed by atoms with Crippen molar-refractivity contribution in [1.29, 1.82) is 0 Å². The van der Waals surface area contributed by atoms with Crippen LogP contribution in [0.3, 0.4) is 0 Å². The zero-order valence-corrected chi connectivity index (χ0v) is 15.5. The van der Waals surface area contributed by atoms with Gasteiger partial charge in [-0.15, -0.1) is 0 Å². The number of H-pyrrole nitrogens is 1. The number of likely N-dealkylation sites (tertiary alicyclic amines) is 1. The van der Waals surface area contributed by atoms with Crippen LogP contribution < -0.4 is 4.74 Å². The summed E-state index contributed by atoms with van der Waals surface area (Å²) >= 11 is 0. The van der Waals surface area contributed by atoms with Gasteiger partial charge in [-0.1, -0.05) is 12.1 Å². The van der Waals surface area contributed by atoms with Gasteiger partial charge in [-0.2, -0.15) is 5.10 Å². The molecule has 1 spiro atoms. The van der Waals surface area contributed by atoms with E-state index in [0.29, 0.717) is 12.3 Å². The number of fused-ring (bicyclic) bond motifs is 2. The summed E-state index contributed by atoms with van der Waals surface area (Å²) in [7, 11) is 1.68. The Labute approximate surface area is 154 Å². The van der Waals surface area contributed by atoms with Gasteiger partial charge in [0.25, 0.3) is 0 Å². The molecule has 1 aromatic carbocycles. The summed E-state index contributed by atoms with van der Waals surface area (Å²) in [6.45, 7) is 1.75. The Bertz CT molecular complexity index is 768. The number of aromatic nitrogens is 2. The van der Waals surface area contributed by atoms with E-state index in [9.17, 15) is 4.79 Å². The van der Waals surface area contributed by atoms with Gasteiger partial charge in [-0.3, -0.25) is 9.89 Å². The predicted molar refractivity (Wildman–Crippen MR) is 100 cm³/mol. The van der Waals surface area contributed by atoms with Crippen LogP contribution in [-0.4, -0.2) is 41.2 Å². The fourth-order valence-corrected chi connectivity index (χ4v) is 4.61. The van der Waals surface area contributed by atoms with E-state index in [-0.39, 0.29) is 5.41 Å². The van der Waals surface area contributed by atoms with Crippen LogP contribution in [0.1, 0.15) is 48.9 Å². The Hall–Kier alpha value is -2.30. The number of hydrogen-bond donors (Lipinski definition) is 1. The van der Waals surface area contributed by atoms with Crippen molar-refractivity contribution in [1.82, 2.24) is 15.1 Å². The molecule has 0 bridgehead atoms. The maximum absolute atomic E-state index is 12.8. The number of amides is 1. The highest BCUT2D eigenvalue weighted by Gasteiger charge is 2.44. The topological polar surface area (TPSA) is 58.2 Å². The fourth-order valence-electron chi connectivity index (χ4n) is 4.61. The van der Waals surface area contributed by atoms with Gasteiger partial charge in [-0.05, 0) is 61.8 Å². The average molecular weight is 353 g/mol. The minimum absolute atomic E-state index is 0.121. The molecule has 2 aromatic rings. The van der Waals surface area contributed by atoms with E-state index in [1.54, 1.807) is 7.11 Å². The molecule has 1 N–H and O–H groups in total. The van der Waals surface area contributed by atoms with Crippen molar-refractivity contribution in [3.05, 3.63) is 47.3 Å². The van der Waals surface area contributed by atoms with E-state index < -0.39 is 0 Å². The molecule has 5 heteroatoms. The molecule has 1 fully saturated rings. The second-order valence-corrected chi connectivity index (χ2v) is 7.67. The number of nitrogens with one attached hydrogen (secondary N) is 1. The van der Waals surface area contributed by atoms with Crippen molar-refractivity contribution in [2.45, 2.75) is 50.4 Å². The molecule has 1 aliphatic carbocycles. The van der Waals surface area contributed by atoms with Gasteiger partial charge in [0.05, 0.1) is 13.3 Å². The lowest BCUT2D eigenvalue weighted by molar-refractivity contribution is -0.133. The summed E-state index contributed by atoms with van der Waals surface area (Å²) in [5.41, 5.74) is 4.01. The number of ether oxygens (including phenoxy) is 1. The van der Waals surface area contributed by atoms with Gasteiger partial charge in [0.2, 0.25) is 5.91 Å². The molecular formula is C21H27N3O2. The van der Waals surface area contributed by atoms with Crippen LogP contribution in [0.2, 0.25) is 0 Å². The maximum atomic E-state index is 12.8. The van der Waals surface area contributed by atoms with Crippen LogP contribution in [0.5, 0.6) is 5.75 Å². The number of carbonyl (C=O) groups excluding carboxylic acids is 1. The predicted octanol–water partition coefficient (Wildman–Crippen LogP) is 3.25.